The highest BCUT2D eigenvalue weighted by Crippen LogP contribution is 2.33. The molecular weight excluding hydrogens is 358 g/mol. The van der Waals surface area contributed by atoms with Gasteiger partial charge in [0.1, 0.15) is 17.2 Å². The Hall–Kier alpha value is -2.57. The van der Waals surface area contributed by atoms with E-state index in [2.05, 4.69) is 15.3 Å². The number of nitrogens with zero attached hydrogens (tertiary/aromatic N) is 1. The van der Waals surface area contributed by atoms with Crippen LogP contribution >= 0.6 is 0 Å². The first-order valence-electron chi connectivity index (χ1n) is 9.81. The van der Waals surface area contributed by atoms with E-state index in [0.29, 0.717) is 28.6 Å². The number of H-pyrrole nitrogens is 1. The third-order valence-corrected chi connectivity index (χ3v) is 5.04. The molecule has 0 bridgehead atoms. The molecule has 1 fully saturated rings. The standard InChI is InChI=1S/C21H29N3O4/c1-21(2,3)28-20(26)24-17(9-13-7-5-6-8-13)19-22-15-10-14(12-25)18(27-4)11-16(15)23-19/h10-13,17H,5-9H2,1-4H3,(H,22,23)(H,24,26). The van der Waals surface area contributed by atoms with Crippen molar-refractivity contribution in [3.8, 4) is 5.75 Å². The van der Waals surface area contributed by atoms with Crippen molar-refractivity contribution in [2.45, 2.75) is 64.5 Å². The fourth-order valence-electron chi connectivity index (χ4n) is 3.78. The van der Waals surface area contributed by atoms with Crippen LogP contribution in [0.2, 0.25) is 0 Å². The Morgan fingerprint density at radius 2 is 2.07 bits per heavy atom. The monoisotopic (exact) mass is 387 g/mol. The van der Waals surface area contributed by atoms with E-state index >= 15 is 0 Å². The van der Waals surface area contributed by atoms with E-state index in [-0.39, 0.29) is 6.04 Å². The van der Waals surface area contributed by atoms with Gasteiger partial charge in [0.15, 0.2) is 6.29 Å². The maximum atomic E-state index is 12.4. The fraction of sp³-hybridized carbons (Fsp3) is 0.571. The number of aldehydes is 1. The summed E-state index contributed by atoms with van der Waals surface area (Å²) in [6.07, 6.45) is 5.88. The molecule has 7 nitrogen and oxygen atoms in total. The van der Waals surface area contributed by atoms with Gasteiger partial charge in [0.2, 0.25) is 0 Å². The summed E-state index contributed by atoms with van der Waals surface area (Å²) in [5.41, 5.74) is 1.32. The molecule has 1 aliphatic rings. The molecule has 1 aromatic carbocycles. The summed E-state index contributed by atoms with van der Waals surface area (Å²) in [4.78, 5) is 31.6. The third-order valence-electron chi connectivity index (χ3n) is 5.04. The van der Waals surface area contributed by atoms with E-state index in [1.165, 1.54) is 20.0 Å². The van der Waals surface area contributed by atoms with E-state index in [1.807, 2.05) is 20.8 Å². The Balaban J connectivity index is 1.89. The highest BCUT2D eigenvalue weighted by atomic mass is 16.6. The Morgan fingerprint density at radius 3 is 2.68 bits per heavy atom. The van der Waals surface area contributed by atoms with Crippen molar-refractivity contribution < 1.29 is 19.1 Å². The lowest BCUT2D eigenvalue weighted by Crippen LogP contribution is -2.36. The maximum Gasteiger partial charge on any atom is 0.408 e. The third kappa shape index (κ3) is 4.82. The molecule has 1 aromatic heterocycles. The van der Waals surface area contributed by atoms with Crippen LogP contribution in [0.1, 0.15) is 75.1 Å². The number of carbonyl (C=O) groups is 2. The molecule has 0 aliphatic heterocycles. The van der Waals surface area contributed by atoms with Gasteiger partial charge in [-0.05, 0) is 39.2 Å². The predicted molar refractivity (Wildman–Crippen MR) is 107 cm³/mol. The van der Waals surface area contributed by atoms with Gasteiger partial charge < -0.3 is 19.8 Å². The summed E-state index contributed by atoms with van der Waals surface area (Å²) in [6.45, 7) is 5.52. The summed E-state index contributed by atoms with van der Waals surface area (Å²) in [5.74, 6) is 1.69. The van der Waals surface area contributed by atoms with Crippen molar-refractivity contribution in [2.75, 3.05) is 7.11 Å². The fourth-order valence-corrected chi connectivity index (χ4v) is 3.78. The smallest absolute Gasteiger partial charge is 0.408 e. The van der Waals surface area contributed by atoms with Crippen LogP contribution in [0.5, 0.6) is 5.75 Å². The normalized spacial score (nSPS) is 16.1. The summed E-state index contributed by atoms with van der Waals surface area (Å²) >= 11 is 0. The lowest BCUT2D eigenvalue weighted by molar-refractivity contribution is 0.0494. The highest BCUT2D eigenvalue weighted by molar-refractivity contribution is 5.89. The zero-order chi connectivity index (χ0) is 20.3. The molecule has 152 valence electrons. The number of ether oxygens (including phenoxy) is 2. The first kappa shape index (κ1) is 20.2. The molecule has 2 N–H and O–H groups in total. The molecule has 3 rings (SSSR count). The number of aromatic nitrogens is 2. The molecule has 2 aromatic rings. The minimum atomic E-state index is -0.567. The molecule has 0 spiro atoms. The van der Waals surface area contributed by atoms with Gasteiger partial charge in [-0.3, -0.25) is 4.79 Å². The van der Waals surface area contributed by atoms with Gasteiger partial charge in [-0.25, -0.2) is 9.78 Å². The van der Waals surface area contributed by atoms with Gasteiger partial charge >= 0.3 is 6.09 Å². The summed E-state index contributed by atoms with van der Waals surface area (Å²) in [7, 11) is 1.52. The largest absolute Gasteiger partial charge is 0.496 e. The summed E-state index contributed by atoms with van der Waals surface area (Å²) < 4.78 is 10.7. The quantitative estimate of drug-likeness (QED) is 0.710. The van der Waals surface area contributed by atoms with E-state index in [0.717, 1.165) is 31.1 Å². The first-order valence-corrected chi connectivity index (χ1v) is 9.81. The molecule has 1 amide bonds. The summed E-state index contributed by atoms with van der Waals surface area (Å²) in [5, 5.41) is 2.98. The van der Waals surface area contributed by atoms with Crippen molar-refractivity contribution in [2.24, 2.45) is 5.92 Å². The van der Waals surface area contributed by atoms with Crippen molar-refractivity contribution in [3.63, 3.8) is 0 Å². The molecule has 28 heavy (non-hydrogen) atoms. The molecule has 1 atom stereocenters. The second-order valence-electron chi connectivity index (χ2n) is 8.44. The lowest BCUT2D eigenvalue weighted by Gasteiger charge is -2.24. The number of benzene rings is 1. The van der Waals surface area contributed by atoms with E-state index in [4.69, 9.17) is 9.47 Å². The molecule has 1 aliphatic carbocycles. The molecule has 1 heterocycles. The number of alkyl carbamates (subject to hydrolysis) is 1. The SMILES string of the molecule is COc1cc2nc(C(CC3CCCC3)NC(=O)OC(C)(C)C)[nH]c2cc1C=O. The Kier molecular flexibility index (Phi) is 5.91. The number of hydrogen-bond donors (Lipinski definition) is 2. The van der Waals surface area contributed by atoms with Crippen LogP contribution in [0.15, 0.2) is 12.1 Å². The number of nitrogens with one attached hydrogen (secondary N) is 2. The topological polar surface area (TPSA) is 93.3 Å². The van der Waals surface area contributed by atoms with Crippen LogP contribution in [0.3, 0.4) is 0 Å². The Labute approximate surface area is 165 Å². The van der Waals surface area contributed by atoms with Gasteiger partial charge in [0.05, 0.1) is 29.7 Å². The number of methoxy groups -OCH3 is 1. The van der Waals surface area contributed by atoms with Gasteiger partial charge in [-0.1, -0.05) is 25.7 Å². The van der Waals surface area contributed by atoms with Crippen LogP contribution in [-0.4, -0.2) is 35.1 Å². The van der Waals surface area contributed by atoms with Crippen LogP contribution < -0.4 is 10.1 Å². The van der Waals surface area contributed by atoms with E-state index < -0.39 is 11.7 Å². The second kappa shape index (κ2) is 8.20. The maximum absolute atomic E-state index is 12.4. The number of aromatic amines is 1. The van der Waals surface area contributed by atoms with E-state index in [9.17, 15) is 9.59 Å². The summed E-state index contributed by atoms with van der Waals surface area (Å²) in [6, 6.07) is 3.17. The molecular formula is C21H29N3O4. The average molecular weight is 387 g/mol. The number of imidazole rings is 1. The number of rotatable bonds is 6. The Bertz CT molecular complexity index is 847. The predicted octanol–water partition coefficient (Wildman–Crippen LogP) is 4.53. The second-order valence-corrected chi connectivity index (χ2v) is 8.44. The zero-order valence-electron chi connectivity index (χ0n) is 17.0. The number of fused-ring (bicyclic) bond motifs is 1. The van der Waals surface area contributed by atoms with Crippen LogP contribution in [0, 0.1) is 5.92 Å². The number of hydrogen-bond acceptors (Lipinski definition) is 5. The molecule has 1 unspecified atom stereocenters. The lowest BCUT2D eigenvalue weighted by atomic mass is 9.98. The van der Waals surface area contributed by atoms with Crippen molar-refractivity contribution in [1.82, 2.24) is 15.3 Å². The van der Waals surface area contributed by atoms with Crippen LogP contribution in [0.25, 0.3) is 11.0 Å². The molecule has 0 radical (unpaired) electrons. The van der Waals surface area contributed by atoms with Gasteiger partial charge in [0, 0.05) is 6.07 Å². The molecule has 7 heteroatoms. The molecule has 0 saturated heterocycles. The Morgan fingerprint density at radius 1 is 1.36 bits per heavy atom. The number of amides is 1. The average Bonchev–Trinajstić information content (AvgIpc) is 3.27. The highest BCUT2D eigenvalue weighted by Gasteiger charge is 2.27. The van der Waals surface area contributed by atoms with Crippen LogP contribution in [-0.2, 0) is 4.74 Å². The first-order chi connectivity index (χ1) is 13.3. The van der Waals surface area contributed by atoms with Gasteiger partial charge in [0.25, 0.3) is 0 Å². The zero-order valence-corrected chi connectivity index (χ0v) is 17.0. The number of carbonyl (C=O) groups excluding carboxylic acids is 2. The van der Waals surface area contributed by atoms with Crippen LogP contribution in [0.4, 0.5) is 4.79 Å². The van der Waals surface area contributed by atoms with Crippen molar-refractivity contribution in [3.05, 3.63) is 23.5 Å². The van der Waals surface area contributed by atoms with Crippen molar-refractivity contribution >= 4 is 23.4 Å². The van der Waals surface area contributed by atoms with E-state index in [1.54, 1.807) is 12.1 Å². The molecule has 1 saturated carbocycles. The van der Waals surface area contributed by atoms with Gasteiger partial charge in [-0.2, -0.15) is 0 Å². The van der Waals surface area contributed by atoms with Crippen molar-refractivity contribution in [1.29, 1.82) is 0 Å². The minimum Gasteiger partial charge on any atom is -0.496 e. The van der Waals surface area contributed by atoms with Gasteiger partial charge in [-0.15, -0.1) is 0 Å². The minimum absolute atomic E-state index is 0.281.